The Labute approximate surface area is 132 Å². The third kappa shape index (κ3) is 3.47. The molecule has 0 spiro atoms. The van der Waals surface area contributed by atoms with Gasteiger partial charge in [-0.25, -0.2) is 0 Å². The summed E-state index contributed by atoms with van der Waals surface area (Å²) in [5.41, 5.74) is 1.37. The standard InChI is InChI=1S/C19H25N3/c1-2-15(1)14-22-9-6-19(7-10-22)21-12-16-3-4-18-13-20-8-5-17(18)11-16/h3-5,8,11,13,15,19,21H,1-2,6-7,9-10,12,14H2. The van der Waals surface area contributed by atoms with Crippen LogP contribution in [0.15, 0.2) is 36.7 Å². The maximum absolute atomic E-state index is 4.17. The summed E-state index contributed by atoms with van der Waals surface area (Å²) in [7, 11) is 0. The van der Waals surface area contributed by atoms with Gasteiger partial charge in [-0.15, -0.1) is 0 Å². The lowest BCUT2D eigenvalue weighted by Crippen LogP contribution is -2.42. The van der Waals surface area contributed by atoms with Gasteiger partial charge in [0.15, 0.2) is 0 Å². The lowest BCUT2D eigenvalue weighted by Gasteiger charge is -2.32. The van der Waals surface area contributed by atoms with Crippen molar-refractivity contribution in [2.45, 2.75) is 38.3 Å². The van der Waals surface area contributed by atoms with Crippen LogP contribution >= 0.6 is 0 Å². The van der Waals surface area contributed by atoms with E-state index in [4.69, 9.17) is 0 Å². The van der Waals surface area contributed by atoms with Crippen LogP contribution in [-0.4, -0.2) is 35.6 Å². The monoisotopic (exact) mass is 295 g/mol. The number of aromatic nitrogens is 1. The van der Waals surface area contributed by atoms with Crippen LogP contribution in [0.25, 0.3) is 10.8 Å². The SMILES string of the molecule is c1cc2cc(CNC3CCN(CC4CC4)CC3)ccc2cn1. The van der Waals surface area contributed by atoms with Crippen LogP contribution in [0, 0.1) is 5.92 Å². The number of likely N-dealkylation sites (tertiary alicyclic amines) is 1. The molecule has 3 heteroatoms. The number of hydrogen-bond acceptors (Lipinski definition) is 3. The van der Waals surface area contributed by atoms with Crippen LogP contribution < -0.4 is 5.32 Å². The second-order valence-electron chi connectivity index (χ2n) is 6.96. The Morgan fingerprint density at radius 3 is 2.73 bits per heavy atom. The van der Waals surface area contributed by atoms with Gasteiger partial charge < -0.3 is 10.2 Å². The number of nitrogens with zero attached hydrogens (tertiary/aromatic N) is 2. The minimum atomic E-state index is 0.684. The maximum atomic E-state index is 4.17. The van der Waals surface area contributed by atoms with E-state index in [9.17, 15) is 0 Å². The molecule has 2 heterocycles. The Kier molecular flexibility index (Phi) is 4.09. The van der Waals surface area contributed by atoms with E-state index in [0.29, 0.717) is 6.04 Å². The normalized spacial score (nSPS) is 20.5. The number of benzene rings is 1. The van der Waals surface area contributed by atoms with Gasteiger partial charge in [-0.05, 0) is 67.8 Å². The molecular formula is C19H25N3. The third-order valence-electron chi connectivity index (χ3n) is 5.10. The van der Waals surface area contributed by atoms with Crippen LogP contribution in [0.1, 0.15) is 31.2 Å². The van der Waals surface area contributed by atoms with E-state index < -0.39 is 0 Å². The van der Waals surface area contributed by atoms with Gasteiger partial charge in [-0.2, -0.15) is 0 Å². The summed E-state index contributed by atoms with van der Waals surface area (Å²) in [6.07, 6.45) is 9.33. The summed E-state index contributed by atoms with van der Waals surface area (Å²) in [5.74, 6) is 1.02. The van der Waals surface area contributed by atoms with Gasteiger partial charge >= 0.3 is 0 Å². The van der Waals surface area contributed by atoms with Crippen molar-refractivity contribution in [3.63, 3.8) is 0 Å². The zero-order chi connectivity index (χ0) is 14.8. The lowest BCUT2D eigenvalue weighted by atomic mass is 10.0. The van der Waals surface area contributed by atoms with E-state index in [1.54, 1.807) is 0 Å². The molecule has 0 unspecified atom stereocenters. The summed E-state index contributed by atoms with van der Waals surface area (Å²) >= 11 is 0. The molecule has 22 heavy (non-hydrogen) atoms. The van der Waals surface area contributed by atoms with Crippen LogP contribution in [0.3, 0.4) is 0 Å². The Morgan fingerprint density at radius 1 is 1.05 bits per heavy atom. The molecule has 1 aliphatic heterocycles. The number of nitrogens with one attached hydrogen (secondary N) is 1. The molecule has 3 nitrogen and oxygen atoms in total. The first-order valence-corrected chi connectivity index (χ1v) is 8.65. The molecule has 2 aliphatic rings. The fourth-order valence-electron chi connectivity index (χ4n) is 3.49. The molecule has 0 radical (unpaired) electrons. The highest BCUT2D eigenvalue weighted by atomic mass is 15.1. The van der Waals surface area contributed by atoms with Gasteiger partial charge in [0.1, 0.15) is 0 Å². The predicted molar refractivity (Wildman–Crippen MR) is 90.8 cm³/mol. The van der Waals surface area contributed by atoms with E-state index in [1.165, 1.54) is 61.7 Å². The molecule has 0 amide bonds. The minimum absolute atomic E-state index is 0.684. The fourth-order valence-corrected chi connectivity index (χ4v) is 3.49. The number of rotatable bonds is 5. The van der Waals surface area contributed by atoms with E-state index in [2.05, 4.69) is 39.5 Å². The minimum Gasteiger partial charge on any atom is -0.310 e. The van der Waals surface area contributed by atoms with Crippen molar-refractivity contribution in [2.75, 3.05) is 19.6 Å². The van der Waals surface area contributed by atoms with Gasteiger partial charge in [-0.1, -0.05) is 12.1 Å². The summed E-state index contributed by atoms with van der Waals surface area (Å²) in [6, 6.07) is 9.46. The first-order valence-electron chi connectivity index (χ1n) is 8.65. The Morgan fingerprint density at radius 2 is 1.91 bits per heavy atom. The van der Waals surface area contributed by atoms with Crippen molar-refractivity contribution in [2.24, 2.45) is 5.92 Å². The zero-order valence-corrected chi connectivity index (χ0v) is 13.2. The van der Waals surface area contributed by atoms with Crippen LogP contribution in [-0.2, 0) is 6.54 Å². The molecule has 1 aromatic carbocycles. The number of fused-ring (bicyclic) bond motifs is 1. The molecule has 1 aliphatic carbocycles. The molecule has 116 valence electrons. The van der Waals surface area contributed by atoms with Crippen molar-refractivity contribution < 1.29 is 0 Å². The Bertz CT molecular complexity index is 627. The number of pyridine rings is 1. The van der Waals surface area contributed by atoms with Crippen molar-refractivity contribution in [1.82, 2.24) is 15.2 Å². The largest absolute Gasteiger partial charge is 0.310 e. The maximum Gasteiger partial charge on any atom is 0.0346 e. The molecule has 2 fully saturated rings. The second-order valence-corrected chi connectivity index (χ2v) is 6.96. The fraction of sp³-hybridized carbons (Fsp3) is 0.526. The molecule has 1 N–H and O–H groups in total. The topological polar surface area (TPSA) is 28.2 Å². The van der Waals surface area contributed by atoms with Crippen molar-refractivity contribution >= 4 is 10.8 Å². The second kappa shape index (κ2) is 6.35. The Balaban J connectivity index is 1.28. The highest BCUT2D eigenvalue weighted by Gasteiger charge is 2.26. The highest BCUT2D eigenvalue weighted by Crippen LogP contribution is 2.30. The van der Waals surface area contributed by atoms with Gasteiger partial charge in [0.2, 0.25) is 0 Å². The predicted octanol–water partition coefficient (Wildman–Crippen LogP) is 3.20. The van der Waals surface area contributed by atoms with Crippen molar-refractivity contribution in [1.29, 1.82) is 0 Å². The number of piperidine rings is 1. The zero-order valence-electron chi connectivity index (χ0n) is 13.2. The smallest absolute Gasteiger partial charge is 0.0346 e. The molecule has 1 saturated heterocycles. The molecule has 0 atom stereocenters. The third-order valence-corrected chi connectivity index (χ3v) is 5.10. The average molecular weight is 295 g/mol. The van der Waals surface area contributed by atoms with E-state index >= 15 is 0 Å². The van der Waals surface area contributed by atoms with Gasteiger partial charge in [0.25, 0.3) is 0 Å². The van der Waals surface area contributed by atoms with Gasteiger partial charge in [-0.3, -0.25) is 4.98 Å². The summed E-state index contributed by atoms with van der Waals surface area (Å²) in [4.78, 5) is 6.84. The average Bonchev–Trinajstić information content (AvgIpc) is 3.38. The number of hydrogen-bond donors (Lipinski definition) is 1. The summed E-state index contributed by atoms with van der Waals surface area (Å²) in [6.45, 7) is 4.88. The van der Waals surface area contributed by atoms with E-state index in [-0.39, 0.29) is 0 Å². The molecule has 2 aromatic rings. The molecule has 1 aromatic heterocycles. The lowest BCUT2D eigenvalue weighted by molar-refractivity contribution is 0.190. The molecular weight excluding hydrogens is 270 g/mol. The summed E-state index contributed by atoms with van der Waals surface area (Å²) in [5, 5.41) is 6.26. The van der Waals surface area contributed by atoms with Gasteiger partial charge in [0.05, 0.1) is 0 Å². The van der Waals surface area contributed by atoms with E-state index in [1.807, 2.05) is 12.4 Å². The molecule has 1 saturated carbocycles. The van der Waals surface area contributed by atoms with Crippen molar-refractivity contribution in [3.05, 3.63) is 42.2 Å². The van der Waals surface area contributed by atoms with Gasteiger partial charge in [0, 0.05) is 36.9 Å². The van der Waals surface area contributed by atoms with Crippen molar-refractivity contribution in [3.8, 4) is 0 Å². The quantitative estimate of drug-likeness (QED) is 0.918. The first-order chi connectivity index (χ1) is 10.9. The Hall–Kier alpha value is -1.45. The summed E-state index contributed by atoms with van der Waals surface area (Å²) < 4.78 is 0. The van der Waals surface area contributed by atoms with E-state index in [0.717, 1.165) is 12.5 Å². The molecule has 4 rings (SSSR count). The highest BCUT2D eigenvalue weighted by molar-refractivity contribution is 5.81. The van der Waals surface area contributed by atoms with Crippen LogP contribution in [0.4, 0.5) is 0 Å². The van der Waals surface area contributed by atoms with Crippen LogP contribution in [0.5, 0.6) is 0 Å². The van der Waals surface area contributed by atoms with Crippen LogP contribution in [0.2, 0.25) is 0 Å². The molecule has 0 bridgehead atoms. The first kappa shape index (κ1) is 14.2.